The molecule has 2 heteroatoms. The van der Waals surface area contributed by atoms with Crippen LogP contribution in [0.15, 0.2) is 29.2 Å². The third-order valence-corrected chi connectivity index (χ3v) is 3.91. The molecule has 1 aliphatic rings. The van der Waals surface area contributed by atoms with Crippen molar-refractivity contribution < 1.29 is 0 Å². The molecule has 0 aromatic heterocycles. The lowest BCUT2D eigenvalue weighted by molar-refractivity contribution is 0.398. The molecule has 1 aromatic rings. The number of rotatable bonds is 3. The predicted octanol–water partition coefficient (Wildman–Crippen LogP) is 3.09. The Bertz CT molecular complexity index is 305. The molecule has 1 N–H and O–H groups in total. The second-order valence-corrected chi connectivity index (χ2v) is 5.01. The van der Waals surface area contributed by atoms with Crippen LogP contribution >= 0.6 is 11.8 Å². The zero-order valence-electron chi connectivity index (χ0n) is 9.33. The summed E-state index contributed by atoms with van der Waals surface area (Å²) in [5, 5.41) is 3.61. The van der Waals surface area contributed by atoms with E-state index < -0.39 is 0 Å². The van der Waals surface area contributed by atoms with E-state index in [1.807, 2.05) is 11.8 Å². The fourth-order valence-corrected chi connectivity index (χ4v) is 2.86. The monoisotopic (exact) mass is 221 g/mol. The Kier molecular flexibility index (Phi) is 4.09. The summed E-state index contributed by atoms with van der Waals surface area (Å²) in [6.07, 6.45) is 7.42. The molecule has 15 heavy (non-hydrogen) atoms. The third-order valence-electron chi connectivity index (χ3n) is 3.07. The van der Waals surface area contributed by atoms with E-state index >= 15 is 0 Å². The summed E-state index contributed by atoms with van der Waals surface area (Å²) in [5.74, 6) is 0. The van der Waals surface area contributed by atoms with Crippen LogP contribution in [0.25, 0.3) is 0 Å². The van der Waals surface area contributed by atoms with Crippen molar-refractivity contribution in [2.24, 2.45) is 0 Å². The molecule has 0 radical (unpaired) electrons. The van der Waals surface area contributed by atoms with E-state index in [1.165, 1.54) is 42.7 Å². The Balaban J connectivity index is 2.02. The van der Waals surface area contributed by atoms with Crippen LogP contribution in [-0.4, -0.2) is 18.8 Å². The molecule has 2 rings (SSSR count). The molecule has 1 nitrogen and oxygen atoms in total. The van der Waals surface area contributed by atoms with Crippen LogP contribution < -0.4 is 5.32 Å². The van der Waals surface area contributed by atoms with Gasteiger partial charge >= 0.3 is 0 Å². The van der Waals surface area contributed by atoms with E-state index in [2.05, 4.69) is 35.8 Å². The van der Waals surface area contributed by atoms with Gasteiger partial charge in [0.15, 0.2) is 0 Å². The Morgan fingerprint density at radius 3 is 2.93 bits per heavy atom. The Morgan fingerprint density at radius 2 is 2.20 bits per heavy atom. The van der Waals surface area contributed by atoms with E-state index in [1.54, 1.807) is 0 Å². The van der Waals surface area contributed by atoms with E-state index in [9.17, 15) is 0 Å². The first kappa shape index (κ1) is 11.0. The fraction of sp³-hybridized carbons (Fsp3) is 0.538. The molecule has 0 amide bonds. The summed E-state index contributed by atoms with van der Waals surface area (Å²) in [6, 6.07) is 9.47. The average molecular weight is 221 g/mol. The highest BCUT2D eigenvalue weighted by molar-refractivity contribution is 7.98. The van der Waals surface area contributed by atoms with Crippen molar-refractivity contribution in [3.05, 3.63) is 29.8 Å². The fourth-order valence-electron chi connectivity index (χ4n) is 2.24. The molecule has 82 valence electrons. The van der Waals surface area contributed by atoms with Crippen LogP contribution in [0, 0.1) is 0 Å². The van der Waals surface area contributed by atoms with Crippen molar-refractivity contribution >= 4 is 11.8 Å². The van der Waals surface area contributed by atoms with Gasteiger partial charge in [0.25, 0.3) is 0 Å². The van der Waals surface area contributed by atoms with E-state index in [4.69, 9.17) is 0 Å². The highest BCUT2D eigenvalue weighted by atomic mass is 32.2. The van der Waals surface area contributed by atoms with Crippen molar-refractivity contribution in [2.75, 3.05) is 12.8 Å². The molecule has 1 aliphatic heterocycles. The zero-order valence-corrected chi connectivity index (χ0v) is 10.1. The average Bonchev–Trinajstić information content (AvgIpc) is 2.31. The van der Waals surface area contributed by atoms with Gasteiger partial charge in [0, 0.05) is 10.9 Å². The lowest BCUT2D eigenvalue weighted by Gasteiger charge is -2.24. The molecule has 0 saturated carbocycles. The maximum Gasteiger partial charge on any atom is 0.0108 e. The predicted molar refractivity (Wildman–Crippen MR) is 67.6 cm³/mol. The van der Waals surface area contributed by atoms with Gasteiger partial charge in [-0.1, -0.05) is 24.6 Å². The quantitative estimate of drug-likeness (QED) is 0.787. The minimum absolute atomic E-state index is 0.701. The van der Waals surface area contributed by atoms with Crippen molar-refractivity contribution in [1.82, 2.24) is 5.32 Å². The first-order valence-electron chi connectivity index (χ1n) is 5.75. The molecular formula is C13H19NS. The van der Waals surface area contributed by atoms with E-state index in [0.29, 0.717) is 6.04 Å². The van der Waals surface area contributed by atoms with Gasteiger partial charge in [-0.2, -0.15) is 0 Å². The van der Waals surface area contributed by atoms with Crippen LogP contribution in [0.1, 0.15) is 24.8 Å². The second kappa shape index (κ2) is 5.57. The van der Waals surface area contributed by atoms with Gasteiger partial charge in [-0.05, 0) is 43.7 Å². The minimum atomic E-state index is 0.701. The van der Waals surface area contributed by atoms with Crippen molar-refractivity contribution in [1.29, 1.82) is 0 Å². The van der Waals surface area contributed by atoms with Crippen LogP contribution in [0.3, 0.4) is 0 Å². The number of piperidine rings is 1. The van der Waals surface area contributed by atoms with Gasteiger partial charge in [0.05, 0.1) is 0 Å². The lowest BCUT2D eigenvalue weighted by atomic mass is 9.98. The molecule has 1 aromatic carbocycles. The number of nitrogens with one attached hydrogen (secondary N) is 1. The molecule has 1 fully saturated rings. The standard InChI is InChI=1S/C13H19NS/c1-15-13-8-3-2-6-11(13)10-12-7-4-5-9-14-12/h2-3,6,8,12,14H,4-5,7,9-10H2,1H3. The first-order chi connectivity index (χ1) is 7.40. The molecule has 0 aliphatic carbocycles. The Morgan fingerprint density at radius 1 is 1.33 bits per heavy atom. The van der Waals surface area contributed by atoms with Crippen LogP contribution in [0.2, 0.25) is 0 Å². The van der Waals surface area contributed by atoms with Gasteiger partial charge < -0.3 is 5.32 Å². The highest BCUT2D eigenvalue weighted by Gasteiger charge is 2.14. The smallest absolute Gasteiger partial charge is 0.0108 e. The van der Waals surface area contributed by atoms with Gasteiger partial charge in [-0.3, -0.25) is 0 Å². The SMILES string of the molecule is CSc1ccccc1CC1CCCCN1. The maximum absolute atomic E-state index is 3.61. The molecular weight excluding hydrogens is 202 g/mol. The van der Waals surface area contributed by atoms with Gasteiger partial charge in [-0.15, -0.1) is 11.8 Å². The summed E-state index contributed by atoms with van der Waals surface area (Å²) in [7, 11) is 0. The van der Waals surface area contributed by atoms with Crippen LogP contribution in [0.4, 0.5) is 0 Å². The minimum Gasteiger partial charge on any atom is -0.314 e. The summed E-state index contributed by atoms with van der Waals surface area (Å²) in [6.45, 7) is 1.20. The summed E-state index contributed by atoms with van der Waals surface area (Å²) in [5.41, 5.74) is 1.50. The van der Waals surface area contributed by atoms with Crippen molar-refractivity contribution in [3.8, 4) is 0 Å². The second-order valence-electron chi connectivity index (χ2n) is 4.16. The zero-order chi connectivity index (χ0) is 10.5. The topological polar surface area (TPSA) is 12.0 Å². The van der Waals surface area contributed by atoms with Gasteiger partial charge in [0.1, 0.15) is 0 Å². The molecule has 0 bridgehead atoms. The van der Waals surface area contributed by atoms with Crippen LogP contribution in [-0.2, 0) is 6.42 Å². The Labute approximate surface area is 96.7 Å². The normalized spacial score (nSPS) is 21.5. The third kappa shape index (κ3) is 2.99. The number of thioether (sulfide) groups is 1. The molecule has 1 atom stereocenters. The van der Waals surface area contributed by atoms with Crippen molar-refractivity contribution in [2.45, 2.75) is 36.6 Å². The number of benzene rings is 1. The number of hydrogen-bond donors (Lipinski definition) is 1. The molecule has 0 spiro atoms. The summed E-state index contributed by atoms with van der Waals surface area (Å²) >= 11 is 1.86. The first-order valence-corrected chi connectivity index (χ1v) is 6.98. The molecule has 1 heterocycles. The van der Waals surface area contributed by atoms with Gasteiger partial charge in [-0.25, -0.2) is 0 Å². The van der Waals surface area contributed by atoms with E-state index in [-0.39, 0.29) is 0 Å². The van der Waals surface area contributed by atoms with E-state index in [0.717, 1.165) is 0 Å². The lowest BCUT2D eigenvalue weighted by Crippen LogP contribution is -2.35. The van der Waals surface area contributed by atoms with Crippen LogP contribution in [0.5, 0.6) is 0 Å². The highest BCUT2D eigenvalue weighted by Crippen LogP contribution is 2.22. The maximum atomic E-state index is 3.61. The number of hydrogen-bond acceptors (Lipinski definition) is 2. The van der Waals surface area contributed by atoms with Crippen molar-refractivity contribution in [3.63, 3.8) is 0 Å². The molecule has 1 saturated heterocycles. The Hall–Kier alpha value is -0.470. The summed E-state index contributed by atoms with van der Waals surface area (Å²) < 4.78 is 0. The van der Waals surface area contributed by atoms with Gasteiger partial charge in [0.2, 0.25) is 0 Å². The largest absolute Gasteiger partial charge is 0.314 e. The molecule has 1 unspecified atom stereocenters. The summed E-state index contributed by atoms with van der Waals surface area (Å²) in [4.78, 5) is 1.44.